The third-order valence-corrected chi connectivity index (χ3v) is 4.54. The summed E-state index contributed by atoms with van der Waals surface area (Å²) in [4.78, 5) is 0. The molecule has 0 aromatic heterocycles. The van der Waals surface area contributed by atoms with Gasteiger partial charge in [0, 0.05) is 6.04 Å². The molecule has 0 radical (unpaired) electrons. The molecular weight excluding hydrogens is 114 g/mol. The second kappa shape index (κ2) is 2.88. The lowest BCUT2D eigenvalue weighted by molar-refractivity contribution is 1.31. The van der Waals surface area contributed by atoms with Crippen LogP contribution in [0.1, 0.15) is 6.92 Å². The first-order chi connectivity index (χ1) is 3.62. The highest BCUT2D eigenvalue weighted by Crippen LogP contribution is 2.12. The van der Waals surface area contributed by atoms with Gasteiger partial charge in [-0.05, 0) is 0 Å². The first kappa shape index (κ1) is 7.71. The van der Waals surface area contributed by atoms with Crippen LogP contribution in [0, 0.1) is 11.3 Å². The SMILES string of the molecule is CC[Si](C)(C)CC#N. The first-order valence-corrected chi connectivity index (χ1v) is 6.41. The summed E-state index contributed by atoms with van der Waals surface area (Å²) < 4.78 is 0. The Bertz CT molecular complexity index is 102. The van der Waals surface area contributed by atoms with Crippen molar-refractivity contribution in [2.45, 2.75) is 32.1 Å². The largest absolute Gasteiger partial charge is 0.199 e. The molecule has 0 atom stereocenters. The lowest BCUT2D eigenvalue weighted by Crippen LogP contribution is -2.21. The Kier molecular flexibility index (Phi) is 2.78. The second-order valence-electron chi connectivity index (χ2n) is 2.85. The molecule has 0 rings (SSSR count). The topological polar surface area (TPSA) is 23.8 Å². The molecule has 0 N–H and O–H groups in total. The molecule has 0 aliphatic rings. The van der Waals surface area contributed by atoms with Crippen LogP contribution in [0.4, 0.5) is 0 Å². The number of rotatable bonds is 2. The Labute approximate surface area is 52.3 Å². The van der Waals surface area contributed by atoms with Gasteiger partial charge in [-0.25, -0.2) is 0 Å². The molecule has 0 spiro atoms. The Morgan fingerprint density at radius 1 is 1.50 bits per heavy atom. The van der Waals surface area contributed by atoms with E-state index in [0.717, 1.165) is 6.04 Å². The molecule has 0 heterocycles. The molecule has 0 bridgehead atoms. The van der Waals surface area contributed by atoms with Gasteiger partial charge in [0.15, 0.2) is 0 Å². The van der Waals surface area contributed by atoms with E-state index in [-0.39, 0.29) is 0 Å². The predicted octanol–water partition coefficient (Wildman–Crippen LogP) is 2.24. The van der Waals surface area contributed by atoms with Crippen LogP contribution in [0.15, 0.2) is 0 Å². The number of hydrogen-bond acceptors (Lipinski definition) is 1. The molecule has 0 fully saturated rings. The third-order valence-electron chi connectivity index (χ3n) is 1.51. The zero-order chi connectivity index (χ0) is 6.62. The van der Waals surface area contributed by atoms with Gasteiger partial charge in [0.2, 0.25) is 0 Å². The quantitative estimate of drug-likeness (QED) is 0.522. The Hall–Kier alpha value is -0.293. The minimum absolute atomic E-state index is 0.809. The van der Waals surface area contributed by atoms with Gasteiger partial charge >= 0.3 is 0 Å². The van der Waals surface area contributed by atoms with Gasteiger partial charge in [-0.1, -0.05) is 26.1 Å². The summed E-state index contributed by atoms with van der Waals surface area (Å²) in [5, 5.41) is 8.32. The molecule has 0 aliphatic carbocycles. The molecule has 0 saturated carbocycles. The standard InChI is InChI=1S/C6H13NSi/c1-4-8(2,3)6-5-7/h4,6H2,1-3H3. The van der Waals surface area contributed by atoms with Crippen LogP contribution in [0.3, 0.4) is 0 Å². The fraction of sp³-hybridized carbons (Fsp3) is 0.833. The normalized spacial score (nSPS) is 10.8. The molecule has 1 nitrogen and oxygen atoms in total. The van der Waals surface area contributed by atoms with Crippen molar-refractivity contribution in [3.63, 3.8) is 0 Å². The second-order valence-corrected chi connectivity index (χ2v) is 8.24. The smallest absolute Gasteiger partial charge is 0.0628 e. The predicted molar refractivity (Wildman–Crippen MR) is 38.4 cm³/mol. The van der Waals surface area contributed by atoms with Crippen molar-refractivity contribution in [2.24, 2.45) is 0 Å². The summed E-state index contributed by atoms with van der Waals surface area (Å²) in [5.41, 5.74) is 0. The van der Waals surface area contributed by atoms with Gasteiger partial charge < -0.3 is 0 Å². The maximum Gasteiger partial charge on any atom is 0.0628 e. The van der Waals surface area contributed by atoms with E-state index >= 15 is 0 Å². The van der Waals surface area contributed by atoms with Gasteiger partial charge in [-0.3, -0.25) is 0 Å². The van der Waals surface area contributed by atoms with E-state index in [1.807, 2.05) is 0 Å². The average Bonchev–Trinajstić information content (AvgIpc) is 1.67. The molecule has 0 aromatic rings. The molecule has 0 aliphatic heterocycles. The molecule has 0 saturated heterocycles. The van der Waals surface area contributed by atoms with Gasteiger partial charge in [-0.2, -0.15) is 5.26 Å². The minimum Gasteiger partial charge on any atom is -0.199 e. The summed E-state index contributed by atoms with van der Waals surface area (Å²) >= 11 is 0. The van der Waals surface area contributed by atoms with Crippen molar-refractivity contribution in [2.75, 3.05) is 0 Å². The molecule has 0 unspecified atom stereocenters. The van der Waals surface area contributed by atoms with E-state index in [1.54, 1.807) is 0 Å². The molecule has 46 valence electrons. The summed E-state index contributed by atoms with van der Waals surface area (Å²) in [7, 11) is -1.04. The number of hydrogen-bond donors (Lipinski definition) is 0. The summed E-state index contributed by atoms with van der Waals surface area (Å²) in [6.07, 6.45) is 0. The van der Waals surface area contributed by atoms with E-state index in [0.29, 0.717) is 0 Å². The maximum atomic E-state index is 8.32. The maximum absolute atomic E-state index is 8.32. The zero-order valence-electron chi connectivity index (χ0n) is 5.86. The van der Waals surface area contributed by atoms with Crippen molar-refractivity contribution in [3.05, 3.63) is 0 Å². The van der Waals surface area contributed by atoms with Crippen LogP contribution in [0.25, 0.3) is 0 Å². The van der Waals surface area contributed by atoms with E-state index < -0.39 is 8.07 Å². The fourth-order valence-corrected chi connectivity index (χ4v) is 1.02. The molecule has 2 heteroatoms. The highest BCUT2D eigenvalue weighted by molar-refractivity contribution is 6.77. The first-order valence-electron chi connectivity index (χ1n) is 2.99. The lowest BCUT2D eigenvalue weighted by atomic mass is 10.9. The van der Waals surface area contributed by atoms with Crippen molar-refractivity contribution in [1.29, 1.82) is 5.26 Å². The van der Waals surface area contributed by atoms with E-state index in [4.69, 9.17) is 5.26 Å². The summed E-state index contributed by atoms with van der Waals surface area (Å²) in [6, 6.07) is 4.25. The van der Waals surface area contributed by atoms with Crippen molar-refractivity contribution in [1.82, 2.24) is 0 Å². The van der Waals surface area contributed by atoms with Crippen molar-refractivity contribution < 1.29 is 0 Å². The lowest BCUT2D eigenvalue weighted by Gasteiger charge is -2.13. The zero-order valence-corrected chi connectivity index (χ0v) is 6.86. The highest BCUT2D eigenvalue weighted by atomic mass is 28.3. The van der Waals surface area contributed by atoms with E-state index in [2.05, 4.69) is 26.1 Å². The van der Waals surface area contributed by atoms with E-state index in [1.165, 1.54) is 6.04 Å². The summed E-state index contributed by atoms with van der Waals surface area (Å²) in [5.74, 6) is 0. The van der Waals surface area contributed by atoms with Crippen molar-refractivity contribution in [3.8, 4) is 6.07 Å². The van der Waals surface area contributed by atoms with Gasteiger partial charge in [-0.15, -0.1) is 0 Å². The van der Waals surface area contributed by atoms with Crippen LogP contribution in [0.5, 0.6) is 0 Å². The van der Waals surface area contributed by atoms with Crippen LogP contribution >= 0.6 is 0 Å². The van der Waals surface area contributed by atoms with Crippen LogP contribution < -0.4 is 0 Å². The average molecular weight is 127 g/mol. The van der Waals surface area contributed by atoms with Crippen molar-refractivity contribution >= 4 is 8.07 Å². The molecule has 0 aromatic carbocycles. The fourth-order valence-electron chi connectivity index (χ4n) is 0.339. The summed E-state index contributed by atoms with van der Waals surface area (Å²) in [6.45, 7) is 6.66. The Balaban J connectivity index is 3.58. The molecular formula is C6H13NSi. The molecule has 0 amide bonds. The van der Waals surface area contributed by atoms with Crippen LogP contribution in [-0.4, -0.2) is 8.07 Å². The van der Waals surface area contributed by atoms with Gasteiger partial charge in [0.25, 0.3) is 0 Å². The Morgan fingerprint density at radius 2 is 2.00 bits per heavy atom. The minimum atomic E-state index is -1.04. The monoisotopic (exact) mass is 127 g/mol. The van der Waals surface area contributed by atoms with Gasteiger partial charge in [0.05, 0.1) is 14.1 Å². The van der Waals surface area contributed by atoms with Crippen LogP contribution in [-0.2, 0) is 0 Å². The Morgan fingerprint density at radius 3 is 2.12 bits per heavy atom. The van der Waals surface area contributed by atoms with E-state index in [9.17, 15) is 0 Å². The molecule has 8 heavy (non-hydrogen) atoms. The third kappa shape index (κ3) is 2.81. The number of nitrogens with zero attached hydrogens (tertiary/aromatic N) is 1. The van der Waals surface area contributed by atoms with Crippen LogP contribution in [0.2, 0.25) is 25.2 Å². The van der Waals surface area contributed by atoms with Gasteiger partial charge in [0.1, 0.15) is 0 Å². The highest BCUT2D eigenvalue weighted by Gasteiger charge is 2.16. The number of nitriles is 1.